The first-order valence-corrected chi connectivity index (χ1v) is 13.9. The number of amides is 1. The molecule has 348 valence electrons. The molecule has 0 unspecified atom stereocenters. The van der Waals surface area contributed by atoms with Crippen molar-refractivity contribution >= 4 is 5.91 Å². The third-order valence-corrected chi connectivity index (χ3v) is 6.82. The van der Waals surface area contributed by atoms with Crippen LogP contribution in [0.25, 0.3) is 0 Å². The summed E-state index contributed by atoms with van der Waals surface area (Å²) in [5.74, 6) is -1.86. The van der Waals surface area contributed by atoms with E-state index in [2.05, 4.69) is 23.7 Å². The first kappa shape index (κ1) is 55.3. The van der Waals surface area contributed by atoms with Gasteiger partial charge in [-0.15, -0.1) is 0 Å². The number of hydrogen-bond acceptors (Lipinski definition) is 7. The number of nitrogens with one attached hydrogen (secondary N) is 1. The predicted molar refractivity (Wildman–Crippen MR) is 125 cm³/mol. The van der Waals surface area contributed by atoms with Crippen LogP contribution in [0.5, 0.6) is 0 Å². The second kappa shape index (κ2) is 17.7. The number of hydrogen-bond donors (Lipinski definition) is 2. The smallest absolute Gasteiger partial charge is 0.394 e. The van der Waals surface area contributed by atoms with Gasteiger partial charge in [-0.2, -0.15) is 119 Å². The topological polar surface area (TPSA) is 95.5 Å². The summed E-state index contributed by atoms with van der Waals surface area (Å²) in [4.78, 5) is 11.9. The van der Waals surface area contributed by atoms with Crippen molar-refractivity contribution < 1.29 is 152 Å². The zero-order chi connectivity index (χ0) is 46.7. The molecule has 58 heavy (non-hydrogen) atoms. The van der Waals surface area contributed by atoms with Crippen molar-refractivity contribution in [3.05, 3.63) is 0 Å². The van der Waals surface area contributed by atoms with E-state index < -0.39 is 143 Å². The lowest BCUT2D eigenvalue weighted by molar-refractivity contribution is -0.474. The van der Waals surface area contributed by atoms with Crippen molar-refractivity contribution in [1.82, 2.24) is 5.32 Å². The van der Waals surface area contributed by atoms with Crippen LogP contribution in [0, 0.1) is 5.41 Å². The minimum Gasteiger partial charge on any atom is -0.394 e. The Hall–Kier alpha value is -2.66. The third kappa shape index (κ3) is 11.4. The van der Waals surface area contributed by atoms with Crippen LogP contribution in [-0.4, -0.2) is 143 Å². The second-order valence-electron chi connectivity index (χ2n) is 11.1. The summed E-state index contributed by atoms with van der Waals surface area (Å²) in [5.41, 5.74) is -29.2. The molecule has 0 aliphatic carbocycles. The van der Waals surface area contributed by atoms with Gasteiger partial charge in [0, 0.05) is 6.54 Å². The molecule has 0 bridgehead atoms. The van der Waals surface area contributed by atoms with Gasteiger partial charge in [-0.05, 0) is 0 Å². The summed E-state index contributed by atoms with van der Waals surface area (Å²) < 4.78 is 383. The average Bonchev–Trinajstić information content (AvgIpc) is 2.91. The Bertz CT molecular complexity index is 1060. The van der Waals surface area contributed by atoms with Crippen molar-refractivity contribution in [1.29, 1.82) is 0 Å². The number of aliphatic hydroxyl groups excluding tert-OH is 1. The van der Waals surface area contributed by atoms with Gasteiger partial charge in [0.1, 0.15) is 6.61 Å². The summed E-state index contributed by atoms with van der Waals surface area (Å²) >= 11 is 0. The molecule has 0 saturated carbocycles. The summed E-state index contributed by atoms with van der Waals surface area (Å²) in [6.07, 6.45) is -72.9. The van der Waals surface area contributed by atoms with E-state index in [4.69, 9.17) is 5.11 Å². The zero-order valence-electron chi connectivity index (χ0n) is 27.0. The molecule has 0 rings (SSSR count). The molecule has 0 aromatic heterocycles. The molecule has 8 nitrogen and oxygen atoms in total. The van der Waals surface area contributed by atoms with E-state index in [1.165, 1.54) is 0 Å². The van der Waals surface area contributed by atoms with Gasteiger partial charge in [-0.3, -0.25) is 4.79 Å². The Kier molecular flexibility index (Phi) is 16.9. The molecule has 0 fully saturated rings. The SMILES string of the molecule is O=C(COCC(COC(C(F)(F)F)(C(F)(F)F)C(F)(F)F)(COC(C(F)(F)F)(C(F)(F)F)C(F)(F)F)COC(C(F)(F)F)(C(F)(F)F)C(F)(F)F)NCCOCCO. The lowest BCUT2D eigenvalue weighted by Crippen LogP contribution is -2.71. The Morgan fingerprint density at radius 3 is 0.879 bits per heavy atom. The molecule has 0 atom stereocenters. The molecule has 0 radical (unpaired) electrons. The monoisotopic (exact) mass is 935 g/mol. The van der Waals surface area contributed by atoms with Gasteiger partial charge in [0.05, 0.1) is 51.7 Å². The molecular weight excluding hydrogens is 915 g/mol. The van der Waals surface area contributed by atoms with Crippen LogP contribution in [0.3, 0.4) is 0 Å². The van der Waals surface area contributed by atoms with Crippen molar-refractivity contribution in [2.24, 2.45) is 5.41 Å². The maximum Gasteiger partial charge on any atom is 0.435 e. The van der Waals surface area contributed by atoms with Crippen LogP contribution < -0.4 is 5.32 Å². The van der Waals surface area contributed by atoms with Gasteiger partial charge < -0.3 is 34.1 Å². The first-order valence-electron chi connectivity index (χ1n) is 13.9. The Morgan fingerprint density at radius 2 is 0.655 bits per heavy atom. The Morgan fingerprint density at radius 1 is 0.397 bits per heavy atom. The zero-order valence-corrected chi connectivity index (χ0v) is 27.0. The first-order chi connectivity index (χ1) is 25.3. The van der Waals surface area contributed by atoms with Crippen molar-refractivity contribution in [2.45, 2.75) is 72.4 Å². The van der Waals surface area contributed by atoms with Crippen LogP contribution in [-0.2, 0) is 28.5 Å². The maximum atomic E-state index is 13.6. The van der Waals surface area contributed by atoms with E-state index in [1.54, 1.807) is 5.32 Å². The fourth-order valence-electron chi connectivity index (χ4n) is 4.06. The van der Waals surface area contributed by atoms with E-state index >= 15 is 0 Å². The largest absolute Gasteiger partial charge is 0.435 e. The number of aliphatic hydroxyl groups is 1. The minimum absolute atomic E-state index is 0.491. The minimum atomic E-state index is -8.10. The normalized spacial score (nSPS) is 15.6. The maximum absolute atomic E-state index is 13.6. The fraction of sp³-hybridized carbons (Fsp3) is 0.957. The van der Waals surface area contributed by atoms with E-state index in [0.717, 1.165) is 0 Å². The highest BCUT2D eigenvalue weighted by Gasteiger charge is 2.88. The van der Waals surface area contributed by atoms with Gasteiger partial charge in [0.2, 0.25) is 5.91 Å². The van der Waals surface area contributed by atoms with Crippen LogP contribution in [0.15, 0.2) is 0 Å². The summed E-state index contributed by atoms with van der Waals surface area (Å²) in [6, 6.07) is 0. The molecule has 0 spiro atoms. The highest BCUT2D eigenvalue weighted by atomic mass is 19.5. The van der Waals surface area contributed by atoms with Gasteiger partial charge in [0.25, 0.3) is 0 Å². The summed E-state index contributed by atoms with van der Waals surface area (Å²) in [6.45, 7) is -20.2. The second-order valence-corrected chi connectivity index (χ2v) is 11.1. The molecule has 0 heterocycles. The molecule has 0 aromatic rings. The van der Waals surface area contributed by atoms with Crippen molar-refractivity contribution in [2.75, 3.05) is 59.4 Å². The number of rotatable bonds is 18. The molecule has 2 N–H and O–H groups in total. The standard InChI is InChI=1S/C23H20F27NO7/c24-15(25,26)12(16(27,28)29,17(30,31)32)56-7-11(6-55-5-10(53)51-1-3-54-4-2-52,8-57-13(18(33,34)35,19(36,37)38)20(39,40)41)9-58-14(21(42,43)44,22(45,46)47)23(48,49)50/h52H,1-9H2,(H,51,53). The molecule has 1 amide bonds. The Balaban J connectivity index is 8.24. The lowest BCUT2D eigenvalue weighted by Gasteiger charge is -2.45. The molecule has 0 aliphatic rings. The number of halogens is 27. The van der Waals surface area contributed by atoms with Gasteiger partial charge in [0.15, 0.2) is 0 Å². The molecule has 0 aromatic carbocycles. The van der Waals surface area contributed by atoms with Gasteiger partial charge >= 0.3 is 72.4 Å². The fourth-order valence-corrected chi connectivity index (χ4v) is 4.06. The number of ether oxygens (including phenoxy) is 5. The highest BCUT2D eigenvalue weighted by Crippen LogP contribution is 2.59. The number of carbonyl (C=O) groups is 1. The Labute approximate surface area is 301 Å². The third-order valence-electron chi connectivity index (χ3n) is 6.82. The number of carbonyl (C=O) groups excluding carboxylic acids is 1. The van der Waals surface area contributed by atoms with Gasteiger partial charge in [-0.1, -0.05) is 0 Å². The number of alkyl halides is 27. The predicted octanol–water partition coefficient (Wildman–Crippen LogP) is 7.44. The van der Waals surface area contributed by atoms with E-state index in [9.17, 15) is 123 Å². The van der Waals surface area contributed by atoms with Crippen molar-refractivity contribution in [3.8, 4) is 0 Å². The van der Waals surface area contributed by atoms with E-state index in [-0.39, 0.29) is 0 Å². The highest BCUT2D eigenvalue weighted by molar-refractivity contribution is 5.77. The van der Waals surface area contributed by atoms with Crippen LogP contribution in [0.1, 0.15) is 0 Å². The van der Waals surface area contributed by atoms with E-state index in [0.29, 0.717) is 0 Å². The quantitative estimate of drug-likeness (QED) is 0.109. The molecule has 0 aliphatic heterocycles. The average molecular weight is 935 g/mol. The molecule has 35 heteroatoms. The van der Waals surface area contributed by atoms with E-state index in [1.807, 2.05) is 0 Å². The lowest BCUT2D eigenvalue weighted by atomic mass is 9.89. The molecule has 0 saturated heterocycles. The summed E-state index contributed by atoms with van der Waals surface area (Å²) in [7, 11) is 0. The summed E-state index contributed by atoms with van der Waals surface area (Å²) in [5, 5.41) is 10.1. The van der Waals surface area contributed by atoms with Crippen LogP contribution in [0.4, 0.5) is 119 Å². The van der Waals surface area contributed by atoms with Gasteiger partial charge in [-0.25, -0.2) is 0 Å². The van der Waals surface area contributed by atoms with Crippen molar-refractivity contribution in [3.63, 3.8) is 0 Å². The molecular formula is C23H20F27NO7. The van der Waals surface area contributed by atoms with Crippen LogP contribution in [0.2, 0.25) is 0 Å². The van der Waals surface area contributed by atoms with Crippen LogP contribution >= 0.6 is 0 Å².